The molecule has 19 heavy (non-hydrogen) atoms. The molecule has 0 fully saturated rings. The summed E-state index contributed by atoms with van der Waals surface area (Å²) in [6, 6.07) is 10.9. The lowest BCUT2D eigenvalue weighted by Crippen LogP contribution is -2.31. The molecule has 5 nitrogen and oxygen atoms in total. The predicted octanol–water partition coefficient (Wildman–Crippen LogP) is 1.43. The van der Waals surface area contributed by atoms with E-state index in [-0.39, 0.29) is 5.56 Å². The van der Waals surface area contributed by atoms with E-state index < -0.39 is 11.5 Å². The molecule has 0 aliphatic heterocycles. The van der Waals surface area contributed by atoms with Crippen LogP contribution < -0.4 is 11.4 Å². The van der Waals surface area contributed by atoms with E-state index in [0.29, 0.717) is 5.56 Å². The molecule has 0 spiro atoms. The van der Waals surface area contributed by atoms with Crippen molar-refractivity contribution >= 4 is 18.1 Å². The van der Waals surface area contributed by atoms with Gasteiger partial charge in [0, 0.05) is 6.20 Å². The Balaban J connectivity index is 2.47. The molecule has 0 unspecified atom stereocenters. The molecule has 0 saturated carbocycles. The predicted molar refractivity (Wildman–Crippen MR) is 73.2 cm³/mol. The number of benzene rings is 1. The number of carboxylic acid groups (broad SMARTS) is 1. The fourth-order valence-corrected chi connectivity index (χ4v) is 1.67. The van der Waals surface area contributed by atoms with Crippen LogP contribution in [0.1, 0.15) is 21.5 Å². The second kappa shape index (κ2) is 5.22. The first kappa shape index (κ1) is 12.6. The van der Waals surface area contributed by atoms with Crippen molar-refractivity contribution in [3.05, 3.63) is 69.6 Å². The van der Waals surface area contributed by atoms with Gasteiger partial charge in [-0.3, -0.25) is 4.79 Å². The Morgan fingerprint density at radius 1 is 1.16 bits per heavy atom. The van der Waals surface area contributed by atoms with E-state index >= 15 is 0 Å². The molecule has 5 heteroatoms. The largest absolute Gasteiger partial charge is 0.477 e. The Morgan fingerprint density at radius 3 is 2.47 bits per heavy atom. The summed E-state index contributed by atoms with van der Waals surface area (Å²) in [4.78, 5) is 22.8. The molecule has 2 rings (SSSR count). The highest BCUT2D eigenvalue weighted by Crippen LogP contribution is 2.10. The molecular formula is C14H12N2O3. The summed E-state index contributed by atoms with van der Waals surface area (Å²) in [5, 5.41) is 9.07. The molecule has 0 aliphatic carbocycles. The number of carbonyl (C=O) groups is 1. The van der Waals surface area contributed by atoms with Crippen LogP contribution in [-0.4, -0.2) is 15.8 Å². The Morgan fingerprint density at radius 2 is 1.84 bits per heavy atom. The maximum atomic E-state index is 11.7. The van der Waals surface area contributed by atoms with Crippen LogP contribution in [0.5, 0.6) is 0 Å². The van der Waals surface area contributed by atoms with E-state index in [1.165, 1.54) is 12.3 Å². The topological polar surface area (TPSA) is 85.3 Å². The van der Waals surface area contributed by atoms with E-state index in [0.717, 1.165) is 10.2 Å². The fraction of sp³-hybridized carbons (Fsp3) is 0. The van der Waals surface area contributed by atoms with Crippen molar-refractivity contribution in [1.82, 2.24) is 4.68 Å². The van der Waals surface area contributed by atoms with Gasteiger partial charge in [0.25, 0.3) is 5.56 Å². The van der Waals surface area contributed by atoms with Crippen molar-refractivity contribution in [2.75, 3.05) is 5.84 Å². The van der Waals surface area contributed by atoms with E-state index in [1.807, 2.05) is 30.3 Å². The summed E-state index contributed by atoms with van der Waals surface area (Å²) in [7, 11) is 0. The third-order valence-electron chi connectivity index (χ3n) is 2.62. The van der Waals surface area contributed by atoms with Gasteiger partial charge in [-0.05, 0) is 17.2 Å². The standard InChI is InChI=1S/C14H12N2O3/c15-16-9-8-11(12(13(16)17)14(18)19)7-6-10-4-2-1-3-5-10/h1-9H,15H2,(H,18,19). The van der Waals surface area contributed by atoms with Gasteiger partial charge in [-0.15, -0.1) is 0 Å². The SMILES string of the molecule is Nn1ccc(C=Cc2ccccc2)c(C(=O)O)c1=O. The summed E-state index contributed by atoms with van der Waals surface area (Å²) in [6.45, 7) is 0. The zero-order valence-electron chi connectivity index (χ0n) is 9.98. The fourth-order valence-electron chi connectivity index (χ4n) is 1.67. The maximum absolute atomic E-state index is 11.7. The number of nitrogens with two attached hydrogens (primary N) is 1. The minimum absolute atomic E-state index is 0.322. The van der Waals surface area contributed by atoms with Gasteiger partial charge in [0.15, 0.2) is 0 Å². The van der Waals surface area contributed by atoms with Crippen LogP contribution >= 0.6 is 0 Å². The summed E-state index contributed by atoms with van der Waals surface area (Å²) in [6.07, 6.45) is 4.65. The van der Waals surface area contributed by atoms with Crippen LogP contribution in [0.2, 0.25) is 0 Å². The lowest BCUT2D eigenvalue weighted by molar-refractivity contribution is 0.0694. The van der Waals surface area contributed by atoms with Crippen molar-refractivity contribution in [2.45, 2.75) is 0 Å². The molecule has 1 heterocycles. The summed E-state index contributed by atoms with van der Waals surface area (Å²) in [5.41, 5.74) is 0.165. The smallest absolute Gasteiger partial charge is 0.342 e. The minimum atomic E-state index is -1.29. The number of aromatic carboxylic acids is 1. The first-order chi connectivity index (χ1) is 9.09. The molecule has 0 atom stereocenters. The number of aromatic nitrogens is 1. The molecule has 0 aliphatic rings. The molecular weight excluding hydrogens is 244 g/mol. The number of rotatable bonds is 3. The van der Waals surface area contributed by atoms with Crippen LogP contribution in [-0.2, 0) is 0 Å². The highest BCUT2D eigenvalue weighted by atomic mass is 16.4. The lowest BCUT2D eigenvalue weighted by Gasteiger charge is -2.03. The highest BCUT2D eigenvalue weighted by molar-refractivity contribution is 5.93. The number of nitrogen functional groups attached to an aromatic ring is 1. The van der Waals surface area contributed by atoms with Gasteiger partial charge in [-0.2, -0.15) is 0 Å². The summed E-state index contributed by atoms with van der Waals surface area (Å²) >= 11 is 0. The van der Waals surface area contributed by atoms with Crippen molar-refractivity contribution in [2.24, 2.45) is 0 Å². The Kier molecular flexibility index (Phi) is 3.47. The number of nitrogens with zero attached hydrogens (tertiary/aromatic N) is 1. The van der Waals surface area contributed by atoms with Crippen LogP contribution in [0, 0.1) is 0 Å². The normalized spacial score (nSPS) is 10.7. The average molecular weight is 256 g/mol. The third kappa shape index (κ3) is 2.71. The zero-order chi connectivity index (χ0) is 13.8. The van der Waals surface area contributed by atoms with Gasteiger partial charge in [0.2, 0.25) is 0 Å². The second-order valence-electron chi connectivity index (χ2n) is 3.91. The van der Waals surface area contributed by atoms with E-state index in [2.05, 4.69) is 0 Å². The number of carboxylic acids is 1. The number of pyridine rings is 1. The van der Waals surface area contributed by atoms with Gasteiger partial charge in [0.05, 0.1) is 0 Å². The van der Waals surface area contributed by atoms with Crippen molar-refractivity contribution in [1.29, 1.82) is 0 Å². The molecule has 0 amide bonds. The average Bonchev–Trinajstić information content (AvgIpc) is 2.41. The number of hydrogen-bond acceptors (Lipinski definition) is 3. The monoisotopic (exact) mass is 256 g/mol. The van der Waals surface area contributed by atoms with Gasteiger partial charge in [-0.25, -0.2) is 9.47 Å². The van der Waals surface area contributed by atoms with Gasteiger partial charge < -0.3 is 10.9 Å². The molecule has 1 aromatic heterocycles. The first-order valence-electron chi connectivity index (χ1n) is 5.57. The van der Waals surface area contributed by atoms with E-state index in [4.69, 9.17) is 10.9 Å². The summed E-state index contributed by atoms with van der Waals surface area (Å²) in [5.74, 6) is 4.06. The van der Waals surface area contributed by atoms with Crippen LogP contribution in [0.15, 0.2) is 47.4 Å². The van der Waals surface area contributed by atoms with Crippen LogP contribution in [0.25, 0.3) is 12.2 Å². The Hall–Kier alpha value is -2.82. The zero-order valence-corrected chi connectivity index (χ0v) is 9.98. The van der Waals surface area contributed by atoms with Crippen LogP contribution in [0.4, 0.5) is 0 Å². The van der Waals surface area contributed by atoms with Crippen molar-refractivity contribution in [3.8, 4) is 0 Å². The third-order valence-corrected chi connectivity index (χ3v) is 2.62. The molecule has 96 valence electrons. The minimum Gasteiger partial charge on any atom is -0.477 e. The molecule has 2 aromatic rings. The molecule has 0 radical (unpaired) electrons. The molecule has 0 saturated heterocycles. The summed E-state index contributed by atoms with van der Waals surface area (Å²) < 4.78 is 0.753. The van der Waals surface area contributed by atoms with Crippen LogP contribution in [0.3, 0.4) is 0 Å². The van der Waals surface area contributed by atoms with Gasteiger partial charge in [-0.1, -0.05) is 42.5 Å². The van der Waals surface area contributed by atoms with Crippen molar-refractivity contribution in [3.63, 3.8) is 0 Å². The number of hydrogen-bond donors (Lipinski definition) is 2. The van der Waals surface area contributed by atoms with E-state index in [9.17, 15) is 9.59 Å². The Labute approximate surface area is 109 Å². The maximum Gasteiger partial charge on any atom is 0.342 e. The molecule has 0 bridgehead atoms. The Bertz CT molecular complexity index is 688. The van der Waals surface area contributed by atoms with E-state index in [1.54, 1.807) is 12.2 Å². The molecule has 1 aromatic carbocycles. The first-order valence-corrected chi connectivity index (χ1v) is 5.57. The lowest BCUT2D eigenvalue weighted by atomic mass is 10.1. The quantitative estimate of drug-likeness (QED) is 0.813. The highest BCUT2D eigenvalue weighted by Gasteiger charge is 2.14. The van der Waals surface area contributed by atoms with Gasteiger partial charge >= 0.3 is 5.97 Å². The molecule has 3 N–H and O–H groups in total. The van der Waals surface area contributed by atoms with Gasteiger partial charge in [0.1, 0.15) is 5.56 Å². The second-order valence-corrected chi connectivity index (χ2v) is 3.91. The van der Waals surface area contributed by atoms with Crippen molar-refractivity contribution < 1.29 is 9.90 Å².